The molecule has 7 nitrogen and oxygen atoms in total. The Labute approximate surface area is 209 Å². The van der Waals surface area contributed by atoms with E-state index in [9.17, 15) is 14.4 Å². The van der Waals surface area contributed by atoms with Gasteiger partial charge >= 0.3 is 12.0 Å². The van der Waals surface area contributed by atoms with Gasteiger partial charge in [-0.15, -0.1) is 0 Å². The van der Waals surface area contributed by atoms with Crippen LogP contribution < -0.4 is 5.32 Å². The summed E-state index contributed by atoms with van der Waals surface area (Å²) in [7, 11) is 0. The summed E-state index contributed by atoms with van der Waals surface area (Å²) in [6.07, 6.45) is 8.71. The molecule has 1 N–H and O–H groups in total. The van der Waals surface area contributed by atoms with E-state index in [1.165, 1.54) is 11.1 Å². The van der Waals surface area contributed by atoms with Crippen LogP contribution in [-0.2, 0) is 27.2 Å². The first-order chi connectivity index (χ1) is 17.0. The molecule has 1 aromatic rings. The van der Waals surface area contributed by atoms with Crippen LogP contribution in [0.4, 0.5) is 4.79 Å². The van der Waals surface area contributed by atoms with Crippen LogP contribution in [0.25, 0.3) is 0 Å². The Morgan fingerprint density at radius 1 is 0.971 bits per heavy atom. The van der Waals surface area contributed by atoms with Gasteiger partial charge in [-0.2, -0.15) is 0 Å². The first-order valence-electron chi connectivity index (χ1n) is 13.5. The van der Waals surface area contributed by atoms with Gasteiger partial charge in [0.15, 0.2) is 0 Å². The number of piperidine rings is 1. The van der Waals surface area contributed by atoms with Crippen molar-refractivity contribution in [2.24, 2.45) is 11.3 Å². The molecule has 2 heterocycles. The fourth-order valence-electron chi connectivity index (χ4n) is 6.03. The number of esters is 1. The van der Waals surface area contributed by atoms with Crippen molar-refractivity contribution in [1.82, 2.24) is 15.1 Å². The summed E-state index contributed by atoms with van der Waals surface area (Å²) in [5.74, 6) is 0.593. The smallest absolute Gasteiger partial charge is 0.317 e. The molecule has 7 heteroatoms. The minimum absolute atomic E-state index is 0.0200. The van der Waals surface area contributed by atoms with Crippen LogP contribution in [0.2, 0.25) is 0 Å². The number of benzene rings is 1. The van der Waals surface area contributed by atoms with Gasteiger partial charge in [-0.25, -0.2) is 4.79 Å². The minimum Gasteiger partial charge on any atom is -0.466 e. The van der Waals surface area contributed by atoms with Crippen molar-refractivity contribution < 1.29 is 19.1 Å². The molecule has 4 rings (SSSR count). The molecule has 2 saturated heterocycles. The largest absolute Gasteiger partial charge is 0.466 e. The fraction of sp³-hybridized carbons (Fsp3) is 0.679. The van der Waals surface area contributed by atoms with E-state index < -0.39 is 0 Å². The van der Waals surface area contributed by atoms with Gasteiger partial charge in [-0.3, -0.25) is 9.59 Å². The second-order valence-corrected chi connectivity index (χ2v) is 10.6. The molecule has 3 amide bonds. The van der Waals surface area contributed by atoms with Crippen LogP contribution in [-0.4, -0.2) is 67.0 Å². The zero-order valence-corrected chi connectivity index (χ0v) is 21.2. The number of amides is 3. The lowest BCUT2D eigenvalue weighted by atomic mass is 9.77. The second-order valence-electron chi connectivity index (χ2n) is 10.6. The first kappa shape index (κ1) is 25.5. The van der Waals surface area contributed by atoms with E-state index in [4.69, 9.17) is 4.74 Å². The van der Waals surface area contributed by atoms with E-state index >= 15 is 0 Å². The average Bonchev–Trinajstić information content (AvgIpc) is 3.45. The highest BCUT2D eigenvalue weighted by molar-refractivity contribution is 5.77. The number of ether oxygens (including phenoxy) is 1. The van der Waals surface area contributed by atoms with Crippen LogP contribution >= 0.6 is 0 Å². The molecule has 0 atom stereocenters. The van der Waals surface area contributed by atoms with Gasteiger partial charge in [0.05, 0.1) is 6.61 Å². The molecule has 0 unspecified atom stereocenters. The third-order valence-electron chi connectivity index (χ3n) is 8.14. The zero-order valence-electron chi connectivity index (χ0n) is 21.2. The van der Waals surface area contributed by atoms with Gasteiger partial charge in [0.1, 0.15) is 0 Å². The molecule has 1 spiro atoms. The van der Waals surface area contributed by atoms with Gasteiger partial charge < -0.3 is 19.9 Å². The Morgan fingerprint density at radius 3 is 2.29 bits per heavy atom. The number of urea groups is 1. The highest BCUT2D eigenvalue weighted by Gasteiger charge is 2.42. The monoisotopic (exact) mass is 483 g/mol. The van der Waals surface area contributed by atoms with Crippen LogP contribution in [0.15, 0.2) is 24.3 Å². The summed E-state index contributed by atoms with van der Waals surface area (Å²) < 4.78 is 4.93. The molecule has 35 heavy (non-hydrogen) atoms. The number of likely N-dealkylation sites (tertiary alicyclic amines) is 2. The predicted octanol–water partition coefficient (Wildman–Crippen LogP) is 3.94. The van der Waals surface area contributed by atoms with E-state index in [0.717, 1.165) is 77.5 Å². The molecule has 0 radical (unpaired) electrons. The topological polar surface area (TPSA) is 79.0 Å². The van der Waals surface area contributed by atoms with Gasteiger partial charge in [0, 0.05) is 45.6 Å². The van der Waals surface area contributed by atoms with Crippen LogP contribution in [0.5, 0.6) is 0 Å². The van der Waals surface area contributed by atoms with Crippen LogP contribution in [0, 0.1) is 11.3 Å². The maximum absolute atomic E-state index is 13.0. The number of carbonyl (C=O) groups is 3. The molecule has 2 fully saturated rings. The summed E-state index contributed by atoms with van der Waals surface area (Å²) >= 11 is 0. The fourth-order valence-corrected chi connectivity index (χ4v) is 6.03. The van der Waals surface area contributed by atoms with Gasteiger partial charge in [-0.1, -0.05) is 30.7 Å². The molecular formula is C28H41N3O4. The van der Waals surface area contributed by atoms with Crippen molar-refractivity contribution in [1.29, 1.82) is 0 Å². The van der Waals surface area contributed by atoms with Crippen molar-refractivity contribution in [3.8, 4) is 0 Å². The molecule has 192 valence electrons. The number of fused-ring (bicyclic) bond motifs is 1. The average molecular weight is 484 g/mol. The molecule has 0 saturated carbocycles. The van der Waals surface area contributed by atoms with E-state index in [2.05, 4.69) is 34.5 Å². The Hall–Kier alpha value is -2.57. The number of hydrogen-bond donors (Lipinski definition) is 1. The summed E-state index contributed by atoms with van der Waals surface area (Å²) in [6.45, 7) is 6.09. The maximum Gasteiger partial charge on any atom is 0.317 e. The normalized spacial score (nSPS) is 19.1. The molecule has 2 aliphatic heterocycles. The van der Waals surface area contributed by atoms with E-state index in [0.29, 0.717) is 37.8 Å². The minimum atomic E-state index is -0.143. The van der Waals surface area contributed by atoms with E-state index in [1.807, 2.05) is 11.8 Å². The number of carbonyl (C=O) groups excluding carboxylic acids is 3. The van der Waals surface area contributed by atoms with Crippen LogP contribution in [0.1, 0.15) is 69.4 Å². The Bertz CT molecular complexity index is 869. The highest BCUT2D eigenvalue weighted by atomic mass is 16.5. The Kier molecular flexibility index (Phi) is 8.69. The summed E-state index contributed by atoms with van der Waals surface area (Å²) in [4.78, 5) is 41.0. The van der Waals surface area contributed by atoms with Gasteiger partial charge in [0.2, 0.25) is 5.91 Å². The number of hydrogen-bond acceptors (Lipinski definition) is 4. The Balaban J connectivity index is 1.12. The van der Waals surface area contributed by atoms with Crippen molar-refractivity contribution in [3.05, 3.63) is 35.4 Å². The van der Waals surface area contributed by atoms with Crippen molar-refractivity contribution in [3.63, 3.8) is 0 Å². The molecule has 0 bridgehead atoms. The third kappa shape index (κ3) is 6.77. The maximum atomic E-state index is 13.0. The lowest BCUT2D eigenvalue weighted by Gasteiger charge is -2.39. The molecular weight excluding hydrogens is 442 g/mol. The SMILES string of the molecule is CCOC(=O)CCCCCNC(=O)N1CCC2(CCN(C(=O)CC3Cc4ccccc4C3)CC2)C1. The number of nitrogens with one attached hydrogen (secondary N) is 1. The summed E-state index contributed by atoms with van der Waals surface area (Å²) in [5, 5.41) is 3.04. The van der Waals surface area contributed by atoms with E-state index in [-0.39, 0.29) is 17.4 Å². The molecule has 3 aliphatic rings. The standard InChI is InChI=1S/C28H41N3O4/c1-2-35-26(33)10-4-3-7-14-29-27(34)31-17-13-28(21-31)11-15-30(16-12-28)25(32)20-22-18-23-8-5-6-9-24(23)19-22/h5-6,8-9,22H,2-4,7,10-21H2,1H3,(H,29,34). The first-order valence-corrected chi connectivity index (χ1v) is 13.5. The van der Waals surface area contributed by atoms with Crippen molar-refractivity contribution in [2.75, 3.05) is 39.3 Å². The lowest BCUT2D eigenvalue weighted by Crippen LogP contribution is -2.46. The number of rotatable bonds is 9. The Morgan fingerprint density at radius 2 is 1.63 bits per heavy atom. The van der Waals surface area contributed by atoms with Gasteiger partial charge in [0.25, 0.3) is 0 Å². The third-order valence-corrected chi connectivity index (χ3v) is 8.14. The predicted molar refractivity (Wildman–Crippen MR) is 135 cm³/mol. The number of nitrogens with zero attached hydrogens (tertiary/aromatic N) is 2. The molecule has 0 aromatic heterocycles. The van der Waals surface area contributed by atoms with Crippen molar-refractivity contribution >= 4 is 17.9 Å². The van der Waals surface area contributed by atoms with E-state index in [1.54, 1.807) is 0 Å². The molecule has 1 aliphatic carbocycles. The number of unbranched alkanes of at least 4 members (excludes halogenated alkanes) is 2. The summed E-state index contributed by atoms with van der Waals surface area (Å²) in [6, 6.07) is 8.59. The quantitative estimate of drug-likeness (QED) is 0.426. The highest BCUT2D eigenvalue weighted by Crippen LogP contribution is 2.40. The second kappa shape index (κ2) is 11.9. The zero-order chi connectivity index (χ0) is 24.7. The van der Waals surface area contributed by atoms with Gasteiger partial charge in [-0.05, 0) is 74.3 Å². The van der Waals surface area contributed by atoms with Crippen molar-refractivity contribution in [2.45, 2.75) is 71.1 Å². The lowest BCUT2D eigenvalue weighted by molar-refractivity contribution is -0.143. The van der Waals surface area contributed by atoms with Crippen LogP contribution in [0.3, 0.4) is 0 Å². The molecule has 1 aromatic carbocycles. The summed E-state index contributed by atoms with van der Waals surface area (Å²) in [5.41, 5.74) is 2.98.